The highest BCUT2D eigenvalue weighted by molar-refractivity contribution is 6.36. The Balaban J connectivity index is 2.00. The van der Waals surface area contributed by atoms with Crippen molar-refractivity contribution in [3.05, 3.63) is 33.3 Å². The first kappa shape index (κ1) is 16.7. The molecule has 124 valence electrons. The molecule has 1 spiro atoms. The van der Waals surface area contributed by atoms with Gasteiger partial charge in [-0.2, -0.15) is 0 Å². The molecule has 1 aromatic carbocycles. The predicted octanol–water partition coefficient (Wildman–Crippen LogP) is 3.41. The lowest BCUT2D eigenvalue weighted by Crippen LogP contribution is -2.53. The molecule has 3 atom stereocenters. The van der Waals surface area contributed by atoms with Crippen LogP contribution in [0.15, 0.2) is 12.1 Å². The summed E-state index contributed by atoms with van der Waals surface area (Å²) in [6.07, 6.45) is 1.84. The highest BCUT2D eigenvalue weighted by Gasteiger charge is 2.55. The number of carbonyl (C=O) groups excluding carboxylic acids is 2. The van der Waals surface area contributed by atoms with Crippen LogP contribution in [0.2, 0.25) is 10.0 Å². The summed E-state index contributed by atoms with van der Waals surface area (Å²) in [4.78, 5) is 25.7. The first-order valence-electron chi connectivity index (χ1n) is 7.81. The van der Waals surface area contributed by atoms with E-state index in [1.807, 2.05) is 13.8 Å². The van der Waals surface area contributed by atoms with E-state index in [1.165, 1.54) is 0 Å². The maximum Gasteiger partial charge on any atom is 0.236 e. The van der Waals surface area contributed by atoms with Gasteiger partial charge in [0.25, 0.3) is 0 Å². The molecule has 3 unspecified atom stereocenters. The van der Waals surface area contributed by atoms with E-state index in [1.54, 1.807) is 12.1 Å². The van der Waals surface area contributed by atoms with E-state index in [-0.39, 0.29) is 17.8 Å². The maximum absolute atomic E-state index is 13.1. The summed E-state index contributed by atoms with van der Waals surface area (Å²) in [6.45, 7) is 4.31. The van der Waals surface area contributed by atoms with E-state index in [0.29, 0.717) is 35.1 Å². The fraction of sp³-hybridized carbons (Fsp3) is 0.529. The molecule has 1 amide bonds. The van der Waals surface area contributed by atoms with Crippen molar-refractivity contribution >= 4 is 34.9 Å². The number of hydrogen-bond donors (Lipinski definition) is 1. The molecule has 2 fully saturated rings. The molecule has 0 radical (unpaired) electrons. The Kier molecular flexibility index (Phi) is 4.43. The molecule has 1 aromatic rings. The third-order valence-corrected chi connectivity index (χ3v) is 5.39. The summed E-state index contributed by atoms with van der Waals surface area (Å²) in [6, 6.07) is 3.31. The number of rotatable bonds is 2. The zero-order valence-electron chi connectivity index (χ0n) is 13.1. The largest absolute Gasteiger partial charge is 0.378 e. The average Bonchev–Trinajstić information content (AvgIpc) is 2.70. The normalized spacial score (nSPS) is 30.8. The van der Waals surface area contributed by atoms with Crippen LogP contribution in [-0.2, 0) is 14.3 Å². The van der Waals surface area contributed by atoms with Gasteiger partial charge < -0.3 is 10.1 Å². The summed E-state index contributed by atoms with van der Waals surface area (Å²) in [7, 11) is 0. The Hall–Kier alpha value is -1.10. The van der Waals surface area contributed by atoms with Gasteiger partial charge in [0.2, 0.25) is 5.91 Å². The van der Waals surface area contributed by atoms with Crippen LogP contribution >= 0.6 is 23.2 Å². The van der Waals surface area contributed by atoms with Crippen molar-refractivity contribution in [3.8, 4) is 0 Å². The number of carbonyl (C=O) groups is 2. The quantitative estimate of drug-likeness (QED) is 0.827. The summed E-state index contributed by atoms with van der Waals surface area (Å²) < 4.78 is 5.65. The average molecular weight is 356 g/mol. The molecule has 0 bridgehead atoms. The number of ether oxygens (including phenoxy) is 1. The van der Waals surface area contributed by atoms with E-state index >= 15 is 0 Å². The molecule has 2 aliphatic heterocycles. The van der Waals surface area contributed by atoms with Crippen molar-refractivity contribution in [2.24, 2.45) is 0 Å². The van der Waals surface area contributed by atoms with Crippen LogP contribution in [-0.4, -0.2) is 29.9 Å². The minimum absolute atomic E-state index is 0.00598. The number of halogens is 2. The van der Waals surface area contributed by atoms with E-state index < -0.39 is 11.5 Å². The van der Waals surface area contributed by atoms with Crippen molar-refractivity contribution in [1.29, 1.82) is 0 Å². The van der Waals surface area contributed by atoms with Gasteiger partial charge in [-0.3, -0.25) is 9.59 Å². The smallest absolute Gasteiger partial charge is 0.236 e. The Morgan fingerprint density at radius 3 is 2.74 bits per heavy atom. The highest BCUT2D eigenvalue weighted by atomic mass is 35.5. The minimum Gasteiger partial charge on any atom is -0.378 e. The molecule has 1 N–H and O–H groups in total. The number of nitrogens with one attached hydrogen (secondary N) is 1. The van der Waals surface area contributed by atoms with Crippen molar-refractivity contribution in [1.82, 2.24) is 5.32 Å². The van der Waals surface area contributed by atoms with Crippen molar-refractivity contribution in [2.45, 2.75) is 50.7 Å². The summed E-state index contributed by atoms with van der Waals surface area (Å²) in [5, 5.41) is 3.80. The fourth-order valence-corrected chi connectivity index (χ4v) is 4.36. The molecular formula is C17H19Cl2NO3. The van der Waals surface area contributed by atoms with Gasteiger partial charge in [-0.25, -0.2) is 0 Å². The summed E-state index contributed by atoms with van der Waals surface area (Å²) in [5.41, 5.74) is 0.498. The van der Waals surface area contributed by atoms with Gasteiger partial charge in [0.15, 0.2) is 5.78 Å². The van der Waals surface area contributed by atoms with Crippen LogP contribution in [0, 0.1) is 6.92 Å². The van der Waals surface area contributed by atoms with Crippen LogP contribution < -0.4 is 5.32 Å². The Morgan fingerprint density at radius 1 is 1.35 bits per heavy atom. The molecule has 3 rings (SSSR count). The molecular weight excluding hydrogens is 337 g/mol. The van der Waals surface area contributed by atoms with Crippen molar-refractivity contribution in [3.63, 3.8) is 0 Å². The second-order valence-corrected chi connectivity index (χ2v) is 7.19. The van der Waals surface area contributed by atoms with Gasteiger partial charge in [0.05, 0.1) is 6.10 Å². The fourth-order valence-electron chi connectivity index (χ4n) is 3.66. The second kappa shape index (κ2) is 6.08. The first-order chi connectivity index (χ1) is 10.9. The molecule has 2 aliphatic rings. The van der Waals surface area contributed by atoms with E-state index in [2.05, 4.69) is 5.32 Å². The van der Waals surface area contributed by atoms with Crippen molar-refractivity contribution in [2.75, 3.05) is 6.61 Å². The number of benzene rings is 1. The molecule has 23 heavy (non-hydrogen) atoms. The Bertz CT molecular complexity index is 653. The van der Waals surface area contributed by atoms with Crippen LogP contribution in [0.3, 0.4) is 0 Å². The van der Waals surface area contributed by atoms with Gasteiger partial charge >= 0.3 is 0 Å². The Labute approximate surface area is 145 Å². The summed E-state index contributed by atoms with van der Waals surface area (Å²) >= 11 is 12.3. The Morgan fingerprint density at radius 2 is 2.09 bits per heavy atom. The molecule has 0 aromatic heterocycles. The molecule has 2 saturated heterocycles. The van der Waals surface area contributed by atoms with Crippen molar-refractivity contribution < 1.29 is 14.3 Å². The third-order valence-electron chi connectivity index (χ3n) is 4.86. The molecule has 4 nitrogen and oxygen atoms in total. The predicted molar refractivity (Wildman–Crippen MR) is 89.1 cm³/mol. The van der Waals surface area contributed by atoms with Crippen LogP contribution in [0.25, 0.3) is 0 Å². The summed E-state index contributed by atoms with van der Waals surface area (Å²) in [5.74, 6) is -1.24. The molecule has 6 heteroatoms. The molecule has 0 saturated carbocycles. The maximum atomic E-state index is 13.1. The highest BCUT2D eigenvalue weighted by Crippen LogP contribution is 2.41. The number of Topliss-reactive ketones (excluding diaryl/α,β-unsaturated/α-hetero) is 1. The topological polar surface area (TPSA) is 55.4 Å². The number of amides is 1. The third kappa shape index (κ3) is 2.77. The lowest BCUT2D eigenvalue weighted by molar-refractivity contribution is -0.129. The standard InChI is InChI=1S/C17H19Cl2NO3/c1-3-11-8-17(4-5-23-11)15(21)14(16(22)20-17)13-9(2)6-10(18)7-12(13)19/h6-7,11,14H,3-5,8H2,1-2H3,(H,20,22). The van der Waals surface area contributed by atoms with Crippen LogP contribution in [0.4, 0.5) is 0 Å². The van der Waals surface area contributed by atoms with Gasteiger partial charge in [-0.15, -0.1) is 0 Å². The van der Waals surface area contributed by atoms with E-state index in [0.717, 1.165) is 12.0 Å². The lowest BCUT2D eigenvalue weighted by atomic mass is 9.79. The monoisotopic (exact) mass is 355 g/mol. The minimum atomic E-state index is -0.865. The van der Waals surface area contributed by atoms with Gasteiger partial charge in [0, 0.05) is 29.5 Å². The van der Waals surface area contributed by atoms with Gasteiger partial charge in [0.1, 0.15) is 11.5 Å². The van der Waals surface area contributed by atoms with Gasteiger partial charge in [-0.1, -0.05) is 30.1 Å². The number of aryl methyl sites for hydroxylation is 1. The van der Waals surface area contributed by atoms with E-state index in [9.17, 15) is 9.59 Å². The zero-order valence-corrected chi connectivity index (χ0v) is 14.6. The second-order valence-electron chi connectivity index (χ2n) is 6.34. The first-order valence-corrected chi connectivity index (χ1v) is 8.57. The number of hydrogen-bond acceptors (Lipinski definition) is 3. The lowest BCUT2D eigenvalue weighted by Gasteiger charge is -2.36. The van der Waals surface area contributed by atoms with E-state index in [4.69, 9.17) is 27.9 Å². The van der Waals surface area contributed by atoms with Crippen LogP contribution in [0.1, 0.15) is 43.2 Å². The van der Waals surface area contributed by atoms with Crippen LogP contribution in [0.5, 0.6) is 0 Å². The zero-order chi connectivity index (χ0) is 16.8. The molecule has 0 aliphatic carbocycles. The SMILES string of the molecule is CCC1CC2(CCO1)NC(=O)C(c1c(C)cc(Cl)cc1Cl)C2=O. The number of ketones is 1. The van der Waals surface area contributed by atoms with Gasteiger partial charge in [-0.05, 0) is 36.6 Å². The molecule has 2 heterocycles.